The van der Waals surface area contributed by atoms with Crippen molar-refractivity contribution in [3.8, 4) is 5.75 Å². The normalized spacial score (nSPS) is 19.1. The summed E-state index contributed by atoms with van der Waals surface area (Å²) in [5, 5.41) is 1.90. The molecular weight excluding hydrogens is 360 g/mol. The lowest BCUT2D eigenvalue weighted by Crippen LogP contribution is -2.39. The van der Waals surface area contributed by atoms with Gasteiger partial charge in [-0.3, -0.25) is 9.59 Å². The Morgan fingerprint density at radius 3 is 2.59 bits per heavy atom. The molecule has 2 heterocycles. The van der Waals surface area contributed by atoms with Gasteiger partial charge >= 0.3 is 0 Å². The van der Waals surface area contributed by atoms with E-state index in [1.165, 1.54) is 11.3 Å². The van der Waals surface area contributed by atoms with Gasteiger partial charge in [-0.15, -0.1) is 11.3 Å². The molecule has 0 spiro atoms. The first-order valence-corrected chi connectivity index (χ1v) is 10.2. The number of nitrogens with zero attached hydrogens (tertiary/aromatic N) is 2. The number of thiophene rings is 1. The average molecular weight is 387 g/mol. The Labute approximate surface area is 164 Å². The van der Waals surface area contributed by atoms with Crippen LogP contribution in [0.3, 0.4) is 0 Å². The SMILES string of the molecule is CCN(CC)C(=O)C1CN(C(=O)c2cccs2)CC1c1cccc(OC)c1. The van der Waals surface area contributed by atoms with E-state index in [1.807, 2.05) is 65.4 Å². The van der Waals surface area contributed by atoms with E-state index in [0.29, 0.717) is 26.2 Å². The number of amides is 2. The van der Waals surface area contributed by atoms with E-state index in [-0.39, 0.29) is 23.7 Å². The third kappa shape index (κ3) is 4.00. The van der Waals surface area contributed by atoms with Crippen molar-refractivity contribution in [3.63, 3.8) is 0 Å². The van der Waals surface area contributed by atoms with Crippen LogP contribution in [0.2, 0.25) is 0 Å². The minimum atomic E-state index is -0.235. The lowest BCUT2D eigenvalue weighted by atomic mass is 9.88. The van der Waals surface area contributed by atoms with Crippen molar-refractivity contribution < 1.29 is 14.3 Å². The van der Waals surface area contributed by atoms with E-state index in [4.69, 9.17) is 4.74 Å². The standard InChI is InChI=1S/C21H26N2O3S/c1-4-22(5-2)20(24)18-14-23(21(25)19-10-7-11-27-19)13-17(18)15-8-6-9-16(12-15)26-3/h6-12,17-18H,4-5,13-14H2,1-3H3. The predicted molar refractivity (Wildman–Crippen MR) is 107 cm³/mol. The van der Waals surface area contributed by atoms with Crippen molar-refractivity contribution in [2.45, 2.75) is 19.8 Å². The largest absolute Gasteiger partial charge is 0.497 e. The zero-order chi connectivity index (χ0) is 19.4. The fraction of sp³-hybridized carbons (Fsp3) is 0.429. The molecule has 1 aliphatic heterocycles. The summed E-state index contributed by atoms with van der Waals surface area (Å²) in [7, 11) is 1.64. The summed E-state index contributed by atoms with van der Waals surface area (Å²) < 4.78 is 5.36. The van der Waals surface area contributed by atoms with Crippen molar-refractivity contribution in [3.05, 3.63) is 52.2 Å². The van der Waals surface area contributed by atoms with E-state index in [9.17, 15) is 9.59 Å². The van der Waals surface area contributed by atoms with Crippen molar-refractivity contribution in [1.82, 2.24) is 9.80 Å². The van der Waals surface area contributed by atoms with Crippen molar-refractivity contribution in [2.24, 2.45) is 5.92 Å². The van der Waals surface area contributed by atoms with Gasteiger partial charge in [-0.1, -0.05) is 18.2 Å². The number of benzene rings is 1. The van der Waals surface area contributed by atoms with Gasteiger partial charge in [-0.05, 0) is 43.0 Å². The minimum absolute atomic E-state index is 0.00717. The highest BCUT2D eigenvalue weighted by Gasteiger charge is 2.42. The molecule has 3 rings (SSSR count). The van der Waals surface area contributed by atoms with E-state index in [0.717, 1.165) is 16.2 Å². The summed E-state index contributed by atoms with van der Waals surface area (Å²) in [6, 6.07) is 11.6. The van der Waals surface area contributed by atoms with Gasteiger partial charge in [0.25, 0.3) is 5.91 Å². The molecule has 1 aromatic heterocycles. The smallest absolute Gasteiger partial charge is 0.263 e. The van der Waals surface area contributed by atoms with Gasteiger partial charge < -0.3 is 14.5 Å². The van der Waals surface area contributed by atoms with Crippen LogP contribution in [0.1, 0.15) is 35.0 Å². The number of carbonyl (C=O) groups is 2. The second-order valence-electron chi connectivity index (χ2n) is 6.69. The van der Waals surface area contributed by atoms with Gasteiger partial charge in [0.15, 0.2) is 0 Å². The Kier molecular flexibility index (Phi) is 6.16. The van der Waals surface area contributed by atoms with Gasteiger partial charge in [-0.25, -0.2) is 0 Å². The summed E-state index contributed by atoms with van der Waals surface area (Å²) in [6.07, 6.45) is 0. The number of hydrogen-bond acceptors (Lipinski definition) is 4. The van der Waals surface area contributed by atoms with Crippen molar-refractivity contribution in [1.29, 1.82) is 0 Å². The van der Waals surface area contributed by atoms with Crippen LogP contribution in [0, 0.1) is 5.92 Å². The Morgan fingerprint density at radius 1 is 1.19 bits per heavy atom. The molecule has 27 heavy (non-hydrogen) atoms. The predicted octanol–water partition coefficient (Wildman–Crippen LogP) is 3.48. The Hall–Kier alpha value is -2.34. The first-order chi connectivity index (χ1) is 13.1. The first-order valence-electron chi connectivity index (χ1n) is 9.34. The summed E-state index contributed by atoms with van der Waals surface area (Å²) in [6.45, 7) is 6.33. The molecule has 2 aromatic rings. The number of likely N-dealkylation sites (tertiary alicyclic amines) is 1. The Balaban J connectivity index is 1.91. The van der Waals surface area contributed by atoms with E-state index >= 15 is 0 Å². The van der Waals surface area contributed by atoms with Gasteiger partial charge in [0.1, 0.15) is 5.75 Å². The van der Waals surface area contributed by atoms with E-state index < -0.39 is 0 Å². The van der Waals surface area contributed by atoms with Gasteiger partial charge in [0, 0.05) is 32.1 Å². The number of hydrogen-bond donors (Lipinski definition) is 0. The second kappa shape index (κ2) is 8.57. The van der Waals surface area contributed by atoms with Crippen LogP contribution < -0.4 is 4.74 Å². The van der Waals surface area contributed by atoms with E-state index in [1.54, 1.807) is 7.11 Å². The van der Waals surface area contributed by atoms with Crippen LogP contribution in [0.4, 0.5) is 0 Å². The molecule has 5 nitrogen and oxygen atoms in total. The molecule has 2 atom stereocenters. The molecule has 1 saturated heterocycles. The third-order valence-corrected chi connectivity index (χ3v) is 6.11. The first kappa shape index (κ1) is 19.4. The monoisotopic (exact) mass is 386 g/mol. The Morgan fingerprint density at radius 2 is 1.96 bits per heavy atom. The highest BCUT2D eigenvalue weighted by atomic mass is 32.1. The fourth-order valence-corrected chi connectivity index (χ4v) is 4.45. The van der Waals surface area contributed by atoms with Crippen LogP contribution in [0.15, 0.2) is 41.8 Å². The molecule has 1 aliphatic rings. The van der Waals surface area contributed by atoms with Crippen LogP contribution in [0.5, 0.6) is 5.75 Å². The summed E-state index contributed by atoms with van der Waals surface area (Å²) >= 11 is 1.44. The maximum atomic E-state index is 13.2. The molecule has 0 radical (unpaired) electrons. The average Bonchev–Trinajstić information content (AvgIpc) is 3.38. The summed E-state index contributed by atoms with van der Waals surface area (Å²) in [5.41, 5.74) is 1.04. The molecule has 0 aliphatic carbocycles. The number of rotatable bonds is 6. The molecule has 144 valence electrons. The fourth-order valence-electron chi connectivity index (χ4n) is 3.76. The minimum Gasteiger partial charge on any atom is -0.497 e. The van der Waals surface area contributed by atoms with Crippen LogP contribution in [-0.4, -0.2) is 54.9 Å². The maximum Gasteiger partial charge on any atom is 0.263 e. The molecule has 1 fully saturated rings. The highest BCUT2D eigenvalue weighted by Crippen LogP contribution is 2.36. The molecule has 0 saturated carbocycles. The number of ether oxygens (including phenoxy) is 1. The summed E-state index contributed by atoms with van der Waals surface area (Å²) in [5.74, 6) is 0.629. The molecule has 6 heteroatoms. The molecule has 1 aromatic carbocycles. The number of carbonyl (C=O) groups excluding carboxylic acids is 2. The van der Waals surface area contributed by atoms with Crippen molar-refractivity contribution in [2.75, 3.05) is 33.3 Å². The molecule has 2 amide bonds. The zero-order valence-corrected chi connectivity index (χ0v) is 16.9. The topological polar surface area (TPSA) is 49.9 Å². The van der Waals surface area contributed by atoms with Crippen molar-refractivity contribution >= 4 is 23.2 Å². The lowest BCUT2D eigenvalue weighted by Gasteiger charge is -2.26. The second-order valence-corrected chi connectivity index (χ2v) is 7.64. The van der Waals surface area contributed by atoms with Crippen LogP contribution >= 0.6 is 11.3 Å². The van der Waals surface area contributed by atoms with E-state index in [2.05, 4.69) is 0 Å². The quantitative estimate of drug-likeness (QED) is 0.764. The highest BCUT2D eigenvalue weighted by molar-refractivity contribution is 7.12. The summed E-state index contributed by atoms with van der Waals surface area (Å²) in [4.78, 5) is 30.4. The van der Waals surface area contributed by atoms with Gasteiger partial charge in [0.05, 0.1) is 17.9 Å². The molecular formula is C21H26N2O3S. The maximum absolute atomic E-state index is 13.2. The van der Waals surface area contributed by atoms with Crippen LogP contribution in [-0.2, 0) is 4.79 Å². The van der Waals surface area contributed by atoms with Gasteiger partial charge in [-0.2, -0.15) is 0 Å². The Bertz CT molecular complexity index is 786. The molecule has 0 N–H and O–H groups in total. The zero-order valence-electron chi connectivity index (χ0n) is 16.1. The lowest BCUT2D eigenvalue weighted by molar-refractivity contribution is -0.135. The molecule has 2 unspecified atom stereocenters. The molecule has 0 bridgehead atoms. The van der Waals surface area contributed by atoms with Crippen LogP contribution in [0.25, 0.3) is 0 Å². The number of methoxy groups -OCH3 is 1. The van der Waals surface area contributed by atoms with Gasteiger partial charge in [0.2, 0.25) is 5.91 Å². The third-order valence-electron chi connectivity index (χ3n) is 5.25.